The maximum atomic E-state index is 14.1. The lowest BCUT2D eigenvalue weighted by molar-refractivity contribution is -0.135. The third kappa shape index (κ3) is 6.09. The summed E-state index contributed by atoms with van der Waals surface area (Å²) in [6.07, 6.45) is 3.98. The first-order valence-electron chi connectivity index (χ1n) is 9.95. The van der Waals surface area contributed by atoms with Crippen molar-refractivity contribution in [1.82, 2.24) is 15.3 Å². The van der Waals surface area contributed by atoms with Gasteiger partial charge < -0.3 is 10.1 Å². The second kappa shape index (κ2) is 9.85. The fraction of sp³-hybridized carbons (Fsp3) is 0.500. The molecule has 31 heavy (non-hydrogen) atoms. The molecule has 0 bridgehead atoms. The van der Waals surface area contributed by atoms with E-state index in [2.05, 4.69) is 29.1 Å². The predicted molar refractivity (Wildman–Crippen MR) is 113 cm³/mol. The maximum Gasteiger partial charge on any atom is 0.263 e. The van der Waals surface area contributed by atoms with E-state index in [4.69, 9.17) is 16.3 Å². The lowest BCUT2D eigenvalue weighted by atomic mass is 9.85. The fourth-order valence-corrected chi connectivity index (χ4v) is 3.43. The summed E-state index contributed by atoms with van der Waals surface area (Å²) in [5.74, 6) is -5.31. The zero-order valence-electron chi connectivity index (χ0n) is 18.4. The number of hydrogen-bond donors (Lipinski definition) is 1. The summed E-state index contributed by atoms with van der Waals surface area (Å²) in [6, 6.07) is 1.45. The Bertz CT molecular complexity index is 928. The lowest BCUT2D eigenvalue weighted by Crippen LogP contribution is -2.51. The van der Waals surface area contributed by atoms with Crippen molar-refractivity contribution in [3.63, 3.8) is 0 Å². The molecule has 0 aliphatic carbocycles. The van der Waals surface area contributed by atoms with Crippen LogP contribution >= 0.6 is 11.6 Å². The molecule has 0 spiro atoms. The SMILES string of the molecule is Cc1c(F)nc(F)c(F)c1OC(C)(C)C(=O)NC(C)C(CC(C)C)c1cncc(Cl)c1. The molecule has 0 saturated carbocycles. The Kier molecular flexibility index (Phi) is 7.92. The number of ether oxygens (including phenoxy) is 1. The second-order valence-electron chi connectivity index (χ2n) is 8.51. The third-order valence-corrected chi connectivity index (χ3v) is 5.18. The fourth-order valence-electron chi connectivity index (χ4n) is 3.24. The van der Waals surface area contributed by atoms with Gasteiger partial charge in [-0.1, -0.05) is 25.4 Å². The first kappa shape index (κ1) is 24.9. The van der Waals surface area contributed by atoms with E-state index in [1.54, 1.807) is 12.3 Å². The van der Waals surface area contributed by atoms with Crippen molar-refractivity contribution in [3.8, 4) is 5.75 Å². The van der Waals surface area contributed by atoms with Crippen LogP contribution in [0.5, 0.6) is 5.75 Å². The van der Waals surface area contributed by atoms with E-state index < -0.39 is 35.0 Å². The van der Waals surface area contributed by atoms with Gasteiger partial charge in [-0.05, 0) is 51.7 Å². The van der Waals surface area contributed by atoms with Gasteiger partial charge in [-0.25, -0.2) is 0 Å². The van der Waals surface area contributed by atoms with E-state index in [1.165, 1.54) is 27.0 Å². The van der Waals surface area contributed by atoms with Crippen LogP contribution in [0.2, 0.25) is 5.02 Å². The summed E-state index contributed by atoms with van der Waals surface area (Å²) in [5, 5.41) is 3.36. The van der Waals surface area contributed by atoms with Gasteiger partial charge in [-0.15, -0.1) is 0 Å². The van der Waals surface area contributed by atoms with Crippen LogP contribution in [0.3, 0.4) is 0 Å². The molecular formula is C22H27ClF3N3O2. The molecule has 5 nitrogen and oxygen atoms in total. The molecule has 170 valence electrons. The van der Waals surface area contributed by atoms with Crippen molar-refractivity contribution in [2.45, 2.75) is 65.5 Å². The van der Waals surface area contributed by atoms with Crippen LogP contribution in [0.4, 0.5) is 13.2 Å². The number of rotatable bonds is 8. The molecule has 0 fully saturated rings. The van der Waals surface area contributed by atoms with Crippen LogP contribution in [0.1, 0.15) is 58.1 Å². The van der Waals surface area contributed by atoms with Gasteiger partial charge in [0.25, 0.3) is 11.9 Å². The Balaban J connectivity index is 2.25. The monoisotopic (exact) mass is 457 g/mol. The van der Waals surface area contributed by atoms with E-state index in [-0.39, 0.29) is 17.5 Å². The zero-order chi connectivity index (χ0) is 23.5. The average molecular weight is 458 g/mol. The number of hydrogen-bond acceptors (Lipinski definition) is 4. The van der Waals surface area contributed by atoms with E-state index in [0.717, 1.165) is 12.0 Å². The Morgan fingerprint density at radius 2 is 1.84 bits per heavy atom. The topological polar surface area (TPSA) is 64.1 Å². The Hall–Kier alpha value is -2.35. The highest BCUT2D eigenvalue weighted by Crippen LogP contribution is 2.31. The number of nitrogens with one attached hydrogen (secondary N) is 1. The molecule has 2 aromatic rings. The van der Waals surface area contributed by atoms with Gasteiger partial charge >= 0.3 is 0 Å². The molecule has 0 saturated heterocycles. The Labute approximate surface area is 185 Å². The number of pyridine rings is 2. The minimum Gasteiger partial charge on any atom is -0.474 e. The number of aromatic nitrogens is 2. The predicted octanol–water partition coefficient (Wildman–Crippen LogP) is 5.35. The van der Waals surface area contributed by atoms with Crippen LogP contribution in [0.15, 0.2) is 18.5 Å². The van der Waals surface area contributed by atoms with Gasteiger partial charge in [0.15, 0.2) is 11.4 Å². The average Bonchev–Trinajstić information content (AvgIpc) is 2.67. The van der Waals surface area contributed by atoms with Crippen LogP contribution in [0.25, 0.3) is 0 Å². The summed E-state index contributed by atoms with van der Waals surface area (Å²) in [6.45, 7) is 9.93. The Morgan fingerprint density at radius 1 is 1.19 bits per heavy atom. The lowest BCUT2D eigenvalue weighted by Gasteiger charge is -2.31. The number of carbonyl (C=O) groups excluding carboxylic acids is 1. The zero-order valence-corrected chi connectivity index (χ0v) is 19.1. The van der Waals surface area contributed by atoms with Crippen LogP contribution in [0, 0.1) is 30.6 Å². The molecule has 2 atom stereocenters. The van der Waals surface area contributed by atoms with E-state index in [1.807, 2.05) is 6.92 Å². The summed E-state index contributed by atoms with van der Waals surface area (Å²) in [7, 11) is 0. The first-order valence-corrected chi connectivity index (χ1v) is 10.3. The van der Waals surface area contributed by atoms with Gasteiger partial charge in [-0.3, -0.25) is 9.78 Å². The molecule has 2 rings (SSSR count). The normalized spacial score (nSPS) is 13.8. The molecule has 1 N–H and O–H groups in total. The Morgan fingerprint density at radius 3 is 2.42 bits per heavy atom. The number of halogens is 4. The molecule has 2 heterocycles. The molecule has 0 radical (unpaired) electrons. The van der Waals surface area contributed by atoms with Crippen molar-refractivity contribution in [2.75, 3.05) is 0 Å². The van der Waals surface area contributed by atoms with Gasteiger partial charge in [0, 0.05) is 29.9 Å². The highest BCUT2D eigenvalue weighted by atomic mass is 35.5. The van der Waals surface area contributed by atoms with Crippen molar-refractivity contribution in [3.05, 3.63) is 52.3 Å². The van der Waals surface area contributed by atoms with E-state index >= 15 is 0 Å². The maximum absolute atomic E-state index is 14.1. The van der Waals surface area contributed by atoms with Gasteiger partial charge in [0.05, 0.1) is 5.02 Å². The number of amides is 1. The second-order valence-corrected chi connectivity index (χ2v) is 8.95. The summed E-state index contributed by atoms with van der Waals surface area (Å²) in [5.41, 5.74) is -1.07. The van der Waals surface area contributed by atoms with Gasteiger partial charge in [-0.2, -0.15) is 18.2 Å². The highest BCUT2D eigenvalue weighted by Gasteiger charge is 2.35. The minimum absolute atomic E-state index is 0.0970. The van der Waals surface area contributed by atoms with Gasteiger partial charge in [0.1, 0.15) is 0 Å². The van der Waals surface area contributed by atoms with Crippen molar-refractivity contribution in [2.24, 2.45) is 5.92 Å². The van der Waals surface area contributed by atoms with Crippen molar-refractivity contribution >= 4 is 17.5 Å². The molecule has 9 heteroatoms. The quantitative estimate of drug-likeness (QED) is 0.543. The first-order chi connectivity index (χ1) is 14.3. The van der Waals surface area contributed by atoms with Gasteiger partial charge in [0.2, 0.25) is 11.8 Å². The minimum atomic E-state index is -1.63. The summed E-state index contributed by atoms with van der Waals surface area (Å²) >= 11 is 6.08. The molecular weight excluding hydrogens is 431 g/mol. The van der Waals surface area contributed by atoms with E-state index in [0.29, 0.717) is 10.9 Å². The molecule has 2 unspecified atom stereocenters. The molecule has 0 aromatic carbocycles. The smallest absolute Gasteiger partial charge is 0.263 e. The number of nitrogens with zero attached hydrogens (tertiary/aromatic N) is 2. The van der Waals surface area contributed by atoms with E-state index in [9.17, 15) is 18.0 Å². The largest absolute Gasteiger partial charge is 0.474 e. The molecule has 0 aliphatic heterocycles. The highest BCUT2D eigenvalue weighted by molar-refractivity contribution is 6.30. The molecule has 2 aromatic heterocycles. The third-order valence-electron chi connectivity index (χ3n) is 4.97. The molecule has 0 aliphatic rings. The number of carbonyl (C=O) groups is 1. The van der Waals surface area contributed by atoms with Crippen LogP contribution in [-0.4, -0.2) is 27.5 Å². The summed E-state index contributed by atoms with van der Waals surface area (Å²) in [4.78, 5) is 19.9. The summed E-state index contributed by atoms with van der Waals surface area (Å²) < 4.78 is 46.9. The standard InChI is InChI=1S/C22H27ClF3N3O2/c1-11(2)7-16(14-8-15(23)10-27-9-14)13(4)28-21(30)22(5,6)31-18-12(3)19(25)29-20(26)17(18)24/h8-11,13,16H,7H2,1-6H3,(H,28,30). The van der Waals surface area contributed by atoms with Crippen molar-refractivity contribution in [1.29, 1.82) is 0 Å². The van der Waals surface area contributed by atoms with Crippen LogP contribution in [-0.2, 0) is 4.79 Å². The molecule has 1 amide bonds. The van der Waals surface area contributed by atoms with Crippen LogP contribution < -0.4 is 10.1 Å². The van der Waals surface area contributed by atoms with Crippen molar-refractivity contribution < 1.29 is 22.7 Å².